The van der Waals surface area contributed by atoms with Crippen LogP contribution in [-0.4, -0.2) is 0 Å². The first kappa shape index (κ1) is 8.06. The Bertz CT molecular complexity index is 311. The van der Waals surface area contributed by atoms with Gasteiger partial charge in [-0.3, -0.25) is 0 Å². The summed E-state index contributed by atoms with van der Waals surface area (Å²) in [7, 11) is 0. The fourth-order valence-corrected chi connectivity index (χ4v) is 1.93. The van der Waals surface area contributed by atoms with Crippen LogP contribution < -0.4 is 0 Å². The fourth-order valence-electron chi connectivity index (χ4n) is 1.36. The molecule has 0 aliphatic heterocycles. The van der Waals surface area contributed by atoms with Gasteiger partial charge >= 0.3 is 0 Å². The van der Waals surface area contributed by atoms with Crippen molar-refractivity contribution in [3.05, 3.63) is 46.5 Å². The second-order valence-corrected chi connectivity index (χ2v) is 4.04. The molecule has 0 bridgehead atoms. The summed E-state index contributed by atoms with van der Waals surface area (Å²) in [5.74, 6) is 0.785. The van der Waals surface area contributed by atoms with Gasteiger partial charge < -0.3 is 0 Å². The summed E-state index contributed by atoms with van der Waals surface area (Å²) in [4.78, 5) is 0. The van der Waals surface area contributed by atoms with Gasteiger partial charge in [0.05, 0.1) is 0 Å². The summed E-state index contributed by atoms with van der Waals surface area (Å²) < 4.78 is 1.23. The number of halogens is 1. The average Bonchev–Trinajstić information content (AvgIpc) is 2.88. The molecule has 0 amide bonds. The Kier molecular flexibility index (Phi) is 2.05. The van der Waals surface area contributed by atoms with E-state index in [1.165, 1.54) is 22.9 Å². The van der Waals surface area contributed by atoms with E-state index in [2.05, 4.69) is 40.7 Å². The second kappa shape index (κ2) is 3.06. The normalized spacial score (nSPS) is 16.1. The van der Waals surface area contributed by atoms with Gasteiger partial charge in [-0.05, 0) is 48.1 Å². The van der Waals surface area contributed by atoms with Crippen molar-refractivity contribution in [1.82, 2.24) is 0 Å². The van der Waals surface area contributed by atoms with Crippen LogP contribution in [0.5, 0.6) is 0 Å². The first-order valence-corrected chi connectivity index (χ1v) is 4.93. The maximum absolute atomic E-state index is 3.64. The molecule has 61 valence electrons. The highest BCUT2D eigenvalue weighted by Gasteiger charge is 2.25. The van der Waals surface area contributed by atoms with Crippen molar-refractivity contribution < 1.29 is 0 Å². The second-order valence-electron chi connectivity index (χ2n) is 3.19. The molecule has 0 heterocycles. The van der Waals surface area contributed by atoms with Crippen LogP contribution in [0.2, 0.25) is 0 Å². The van der Waals surface area contributed by atoms with E-state index in [1.807, 2.05) is 6.07 Å². The van der Waals surface area contributed by atoms with Crippen LogP contribution in [0.25, 0.3) is 0 Å². The summed E-state index contributed by atoms with van der Waals surface area (Å²) in [6, 6.07) is 6.29. The van der Waals surface area contributed by atoms with Crippen LogP contribution in [-0.2, 0) is 0 Å². The molecule has 1 heteroatoms. The molecular weight excluding hydrogens is 212 g/mol. The molecular formula is C11H10Br. The van der Waals surface area contributed by atoms with Crippen molar-refractivity contribution in [3.8, 4) is 0 Å². The van der Waals surface area contributed by atoms with E-state index in [-0.39, 0.29) is 0 Å². The van der Waals surface area contributed by atoms with Crippen LogP contribution >= 0.6 is 15.9 Å². The Morgan fingerprint density at radius 2 is 2.17 bits per heavy atom. The van der Waals surface area contributed by atoms with Crippen molar-refractivity contribution in [1.29, 1.82) is 0 Å². The molecule has 0 atom stereocenters. The van der Waals surface area contributed by atoms with Gasteiger partial charge in [-0.1, -0.05) is 28.6 Å². The predicted octanol–water partition coefficient (Wildman–Crippen LogP) is 3.66. The number of benzene rings is 1. The molecule has 0 aromatic heterocycles. The maximum atomic E-state index is 3.64. The average molecular weight is 222 g/mol. The molecule has 1 saturated carbocycles. The number of hydrogen-bond acceptors (Lipinski definition) is 0. The van der Waals surface area contributed by atoms with E-state index in [0.29, 0.717) is 0 Å². The number of hydrogen-bond donors (Lipinski definition) is 0. The molecule has 12 heavy (non-hydrogen) atoms. The van der Waals surface area contributed by atoms with Crippen LogP contribution in [0, 0.1) is 6.08 Å². The highest BCUT2D eigenvalue weighted by molar-refractivity contribution is 9.10. The molecule has 2 rings (SSSR count). The molecule has 0 saturated heterocycles. The Hall–Kier alpha value is -0.560. The fraction of sp³-hybridized carbons (Fsp3) is 0.273. The Labute approximate surface area is 81.4 Å². The van der Waals surface area contributed by atoms with Gasteiger partial charge in [-0.15, -0.1) is 0 Å². The van der Waals surface area contributed by atoms with Gasteiger partial charge in [0.2, 0.25) is 0 Å². The summed E-state index contributed by atoms with van der Waals surface area (Å²) >= 11 is 3.55. The van der Waals surface area contributed by atoms with Crippen molar-refractivity contribution >= 4 is 15.9 Å². The van der Waals surface area contributed by atoms with E-state index in [9.17, 15) is 0 Å². The zero-order chi connectivity index (χ0) is 8.55. The van der Waals surface area contributed by atoms with E-state index in [0.717, 1.165) is 11.5 Å². The Morgan fingerprint density at radius 3 is 2.75 bits per heavy atom. The van der Waals surface area contributed by atoms with Crippen LogP contribution in [0.1, 0.15) is 29.9 Å². The molecule has 0 unspecified atom stereocenters. The zero-order valence-corrected chi connectivity index (χ0v) is 8.39. The lowest BCUT2D eigenvalue weighted by Gasteiger charge is -2.02. The summed E-state index contributed by atoms with van der Waals surface area (Å²) in [5, 5.41) is 0. The van der Waals surface area contributed by atoms with Crippen LogP contribution in [0.15, 0.2) is 29.3 Å². The van der Waals surface area contributed by atoms with Gasteiger partial charge in [0, 0.05) is 4.47 Å². The molecule has 1 radical (unpaired) electrons. The maximum Gasteiger partial charge on any atom is 0.0210 e. The first-order valence-electron chi connectivity index (χ1n) is 4.14. The van der Waals surface area contributed by atoms with Gasteiger partial charge in [-0.25, -0.2) is 0 Å². The summed E-state index contributed by atoms with van der Waals surface area (Å²) in [6.45, 7) is 3.64. The van der Waals surface area contributed by atoms with E-state index in [1.54, 1.807) is 0 Å². The third kappa shape index (κ3) is 1.46. The highest BCUT2D eigenvalue weighted by Crippen LogP contribution is 2.43. The molecule has 0 N–H and O–H groups in total. The molecule has 1 aliphatic carbocycles. The van der Waals surface area contributed by atoms with Crippen LogP contribution in [0.3, 0.4) is 0 Å². The van der Waals surface area contributed by atoms with Crippen molar-refractivity contribution in [2.45, 2.75) is 18.8 Å². The third-order valence-corrected chi connectivity index (χ3v) is 2.94. The van der Waals surface area contributed by atoms with E-state index < -0.39 is 0 Å². The first-order chi connectivity index (χ1) is 5.81. The quantitative estimate of drug-likeness (QED) is 0.716. The zero-order valence-electron chi connectivity index (χ0n) is 6.81. The molecule has 0 spiro atoms. The van der Waals surface area contributed by atoms with Gasteiger partial charge in [-0.2, -0.15) is 0 Å². The topological polar surface area (TPSA) is 0 Å². The van der Waals surface area contributed by atoms with Gasteiger partial charge in [0.1, 0.15) is 0 Å². The standard InChI is InChI=1S/C11H10Br/c1-2-8-3-6-11(12)10(7-8)9-4-5-9/h3,6-7,9H,1,4-5H2. The lowest BCUT2D eigenvalue weighted by molar-refractivity contribution is 1.11. The SMILES string of the molecule is C=[C]c1ccc(Br)c(C2CC2)c1. The lowest BCUT2D eigenvalue weighted by Crippen LogP contribution is -1.83. The van der Waals surface area contributed by atoms with Crippen LogP contribution in [0.4, 0.5) is 0 Å². The Morgan fingerprint density at radius 1 is 1.42 bits per heavy atom. The minimum Gasteiger partial charge on any atom is -0.0906 e. The predicted molar refractivity (Wildman–Crippen MR) is 54.1 cm³/mol. The smallest absolute Gasteiger partial charge is 0.0210 e. The number of rotatable bonds is 2. The summed E-state index contributed by atoms with van der Waals surface area (Å²) in [6.07, 6.45) is 5.57. The van der Waals surface area contributed by atoms with Crippen molar-refractivity contribution in [3.63, 3.8) is 0 Å². The molecule has 1 aromatic carbocycles. The van der Waals surface area contributed by atoms with E-state index >= 15 is 0 Å². The Balaban J connectivity index is 2.42. The largest absolute Gasteiger partial charge is 0.0906 e. The minimum absolute atomic E-state index is 0.785. The molecule has 1 aliphatic rings. The van der Waals surface area contributed by atoms with Gasteiger partial charge in [0.15, 0.2) is 0 Å². The third-order valence-electron chi connectivity index (χ3n) is 2.22. The minimum atomic E-state index is 0.785. The molecule has 1 aromatic rings. The lowest BCUT2D eigenvalue weighted by atomic mass is 10.1. The van der Waals surface area contributed by atoms with Crippen molar-refractivity contribution in [2.75, 3.05) is 0 Å². The summed E-state index contributed by atoms with van der Waals surface area (Å²) in [5.41, 5.74) is 2.52. The van der Waals surface area contributed by atoms with Crippen molar-refractivity contribution in [2.24, 2.45) is 0 Å². The monoisotopic (exact) mass is 221 g/mol. The molecule has 0 nitrogen and oxygen atoms in total. The van der Waals surface area contributed by atoms with Gasteiger partial charge in [0.25, 0.3) is 0 Å². The molecule has 1 fully saturated rings. The highest BCUT2D eigenvalue weighted by atomic mass is 79.9. The van der Waals surface area contributed by atoms with E-state index in [4.69, 9.17) is 0 Å².